The molecule has 7 nitrogen and oxygen atoms in total. The summed E-state index contributed by atoms with van der Waals surface area (Å²) in [5.74, 6) is -0.205. The fourth-order valence-corrected chi connectivity index (χ4v) is 4.46. The summed E-state index contributed by atoms with van der Waals surface area (Å²) in [5, 5.41) is 2.90. The minimum atomic E-state index is -4.01. The number of nitrogens with one attached hydrogen (secondary N) is 2. The van der Waals surface area contributed by atoms with Crippen LogP contribution in [0.25, 0.3) is 0 Å². The van der Waals surface area contributed by atoms with Crippen LogP contribution in [-0.2, 0) is 10.0 Å². The van der Waals surface area contributed by atoms with Crippen LogP contribution < -0.4 is 14.8 Å². The molecule has 180 valence electrons. The molecule has 0 fully saturated rings. The predicted molar refractivity (Wildman–Crippen MR) is 130 cm³/mol. The zero-order chi connectivity index (χ0) is 24.9. The minimum absolute atomic E-state index is 0.0759. The van der Waals surface area contributed by atoms with Crippen molar-refractivity contribution in [3.63, 3.8) is 0 Å². The lowest BCUT2D eigenvalue weighted by Crippen LogP contribution is -2.34. The van der Waals surface area contributed by atoms with Gasteiger partial charge in [0.05, 0.1) is 18.0 Å². The van der Waals surface area contributed by atoms with Gasteiger partial charge in [-0.1, -0.05) is 24.3 Å². The van der Waals surface area contributed by atoms with Crippen molar-refractivity contribution in [1.29, 1.82) is 0 Å². The summed E-state index contributed by atoms with van der Waals surface area (Å²) in [7, 11) is 1.43. The van der Waals surface area contributed by atoms with Crippen LogP contribution in [0.1, 0.15) is 27.5 Å². The number of methoxy groups -OCH3 is 1. The summed E-state index contributed by atoms with van der Waals surface area (Å²) in [6.45, 7) is 1.90. The fourth-order valence-electron chi connectivity index (χ4n) is 3.39. The van der Waals surface area contributed by atoms with Crippen molar-refractivity contribution >= 4 is 21.6 Å². The highest BCUT2D eigenvalue weighted by Crippen LogP contribution is 2.22. The highest BCUT2D eigenvalue weighted by atomic mass is 32.2. The zero-order valence-corrected chi connectivity index (χ0v) is 20.3. The number of anilines is 1. The number of nitrogens with zero attached hydrogens (tertiary/aromatic N) is 1. The third-order valence-electron chi connectivity index (χ3n) is 5.41. The molecule has 0 spiro atoms. The summed E-state index contributed by atoms with van der Waals surface area (Å²) in [5.41, 5.74) is 1.86. The summed E-state index contributed by atoms with van der Waals surface area (Å²) in [4.78, 5) is 14.6. The van der Waals surface area contributed by atoms with Gasteiger partial charge in [-0.05, 0) is 74.6 Å². The number of ether oxygens (including phenoxy) is 1. The molecule has 0 aliphatic heterocycles. The van der Waals surface area contributed by atoms with Crippen molar-refractivity contribution in [2.24, 2.45) is 0 Å². The van der Waals surface area contributed by atoms with E-state index in [-0.39, 0.29) is 22.5 Å². The van der Waals surface area contributed by atoms with Gasteiger partial charge in [0.25, 0.3) is 15.9 Å². The van der Waals surface area contributed by atoms with Gasteiger partial charge in [0.15, 0.2) is 0 Å². The monoisotopic (exact) mass is 485 g/mol. The summed E-state index contributed by atoms with van der Waals surface area (Å²) in [6.07, 6.45) is 0. The maximum atomic E-state index is 13.8. The first kappa shape index (κ1) is 25.2. The summed E-state index contributed by atoms with van der Waals surface area (Å²) in [6, 6.07) is 17.4. The molecule has 0 heterocycles. The molecule has 3 aromatic rings. The Balaban J connectivity index is 1.71. The van der Waals surface area contributed by atoms with E-state index in [9.17, 15) is 17.6 Å². The lowest BCUT2D eigenvalue weighted by Gasteiger charge is -2.25. The largest absolute Gasteiger partial charge is 0.497 e. The molecular weight excluding hydrogens is 457 g/mol. The first-order valence-electron chi connectivity index (χ1n) is 10.6. The molecular formula is C25H28FN3O4S. The Morgan fingerprint density at radius 3 is 2.38 bits per heavy atom. The number of hydrogen-bond donors (Lipinski definition) is 2. The van der Waals surface area contributed by atoms with Crippen molar-refractivity contribution in [1.82, 2.24) is 10.2 Å². The van der Waals surface area contributed by atoms with Crippen molar-refractivity contribution in [2.75, 3.05) is 32.5 Å². The van der Waals surface area contributed by atoms with Crippen LogP contribution in [0.4, 0.5) is 10.1 Å². The van der Waals surface area contributed by atoms with Crippen LogP contribution in [0.15, 0.2) is 71.6 Å². The van der Waals surface area contributed by atoms with Crippen LogP contribution >= 0.6 is 0 Å². The van der Waals surface area contributed by atoms with Crippen LogP contribution in [0, 0.1) is 12.7 Å². The Labute approximate surface area is 199 Å². The van der Waals surface area contributed by atoms with E-state index in [4.69, 9.17) is 4.74 Å². The number of sulfonamides is 1. The number of halogens is 1. The average Bonchev–Trinajstić information content (AvgIpc) is 2.81. The number of likely N-dealkylation sites (N-methyl/N-ethyl adjacent to an activating group) is 1. The molecule has 9 heteroatoms. The lowest BCUT2D eigenvalue weighted by atomic mass is 10.1. The Kier molecular flexibility index (Phi) is 7.90. The summed E-state index contributed by atoms with van der Waals surface area (Å²) < 4.78 is 46.7. The van der Waals surface area contributed by atoms with Gasteiger partial charge in [-0.25, -0.2) is 12.8 Å². The minimum Gasteiger partial charge on any atom is -0.497 e. The molecule has 1 atom stereocenters. The van der Waals surface area contributed by atoms with Gasteiger partial charge >= 0.3 is 0 Å². The molecule has 0 unspecified atom stereocenters. The van der Waals surface area contributed by atoms with E-state index >= 15 is 0 Å². The van der Waals surface area contributed by atoms with Gasteiger partial charge in [0, 0.05) is 17.8 Å². The Morgan fingerprint density at radius 2 is 1.76 bits per heavy atom. The second-order valence-electron chi connectivity index (χ2n) is 8.06. The number of hydrogen-bond acceptors (Lipinski definition) is 5. The molecule has 0 saturated carbocycles. The highest BCUT2D eigenvalue weighted by molar-refractivity contribution is 7.92. The molecule has 3 rings (SSSR count). The molecule has 0 bridgehead atoms. The molecule has 0 radical (unpaired) electrons. The smallest absolute Gasteiger partial charge is 0.261 e. The zero-order valence-electron chi connectivity index (χ0n) is 19.5. The van der Waals surface area contributed by atoms with Crippen molar-refractivity contribution < 1.29 is 22.3 Å². The van der Waals surface area contributed by atoms with Gasteiger partial charge < -0.3 is 15.0 Å². The van der Waals surface area contributed by atoms with E-state index in [0.29, 0.717) is 17.7 Å². The molecule has 0 saturated heterocycles. The summed E-state index contributed by atoms with van der Waals surface area (Å²) >= 11 is 0. The van der Waals surface area contributed by atoms with E-state index in [1.165, 1.54) is 24.3 Å². The predicted octanol–water partition coefficient (Wildman–Crippen LogP) is 3.98. The Morgan fingerprint density at radius 1 is 1.06 bits per heavy atom. The highest BCUT2D eigenvalue weighted by Gasteiger charge is 2.18. The van der Waals surface area contributed by atoms with Gasteiger partial charge in [-0.3, -0.25) is 9.52 Å². The van der Waals surface area contributed by atoms with Crippen molar-refractivity contribution in [2.45, 2.75) is 17.9 Å². The number of amides is 1. The molecule has 1 amide bonds. The second kappa shape index (κ2) is 10.7. The third-order valence-corrected chi connectivity index (χ3v) is 6.79. The van der Waals surface area contributed by atoms with Gasteiger partial charge in [0.2, 0.25) is 0 Å². The quantitative estimate of drug-likeness (QED) is 0.479. The van der Waals surface area contributed by atoms with Crippen molar-refractivity contribution in [3.05, 3.63) is 89.2 Å². The normalized spacial score (nSPS) is 12.3. The van der Waals surface area contributed by atoms with Crippen LogP contribution in [0.3, 0.4) is 0 Å². The van der Waals surface area contributed by atoms with E-state index in [1.54, 1.807) is 26.2 Å². The third kappa shape index (κ3) is 6.12. The lowest BCUT2D eigenvalue weighted by molar-refractivity contribution is 0.0942. The van der Waals surface area contributed by atoms with Gasteiger partial charge in [-0.2, -0.15) is 0 Å². The van der Waals surface area contributed by atoms with E-state index < -0.39 is 15.8 Å². The van der Waals surface area contributed by atoms with E-state index in [1.807, 2.05) is 43.3 Å². The van der Waals surface area contributed by atoms with Gasteiger partial charge in [-0.15, -0.1) is 0 Å². The molecule has 2 N–H and O–H groups in total. The van der Waals surface area contributed by atoms with E-state index in [2.05, 4.69) is 10.0 Å². The number of carbonyl (C=O) groups is 1. The first-order chi connectivity index (χ1) is 16.1. The van der Waals surface area contributed by atoms with Crippen molar-refractivity contribution in [3.8, 4) is 5.75 Å². The SMILES string of the molecule is COc1ccc([C@H](CNC(=O)c2cccc(NS(=O)(=O)c3ccc(C)c(F)c3)c2)N(C)C)cc1. The standard InChI is InChI=1S/C25H28FN3O4S/c1-17-8-13-22(15-23(17)26)34(31,32)28-20-7-5-6-19(14-20)25(30)27-16-24(29(2)3)18-9-11-21(33-4)12-10-18/h5-15,24,28H,16H2,1-4H3,(H,27,30)/t24-/m0/s1. The van der Waals surface area contributed by atoms with Crippen LogP contribution in [0.2, 0.25) is 0 Å². The molecule has 0 aromatic heterocycles. The number of rotatable bonds is 9. The second-order valence-corrected chi connectivity index (χ2v) is 9.74. The Bertz CT molecular complexity index is 1260. The number of benzene rings is 3. The maximum Gasteiger partial charge on any atom is 0.261 e. The maximum absolute atomic E-state index is 13.8. The average molecular weight is 486 g/mol. The number of carbonyl (C=O) groups excluding carboxylic acids is 1. The molecule has 0 aliphatic carbocycles. The topological polar surface area (TPSA) is 87.7 Å². The number of aryl methyl sites for hydroxylation is 1. The van der Waals surface area contributed by atoms with Crippen LogP contribution in [-0.4, -0.2) is 47.0 Å². The molecule has 3 aromatic carbocycles. The Hall–Kier alpha value is -3.43. The molecule has 0 aliphatic rings. The van der Waals surface area contributed by atoms with E-state index in [0.717, 1.165) is 17.4 Å². The van der Waals surface area contributed by atoms with Crippen LogP contribution in [0.5, 0.6) is 5.75 Å². The molecule has 34 heavy (non-hydrogen) atoms. The first-order valence-corrected chi connectivity index (χ1v) is 12.1. The van der Waals surface area contributed by atoms with Gasteiger partial charge in [0.1, 0.15) is 11.6 Å². The fraction of sp³-hybridized carbons (Fsp3) is 0.240.